The molecule has 1 fully saturated rings. The first-order valence-corrected chi connectivity index (χ1v) is 9.43. The minimum absolute atomic E-state index is 0.0637. The van der Waals surface area contributed by atoms with Crippen molar-refractivity contribution in [2.75, 3.05) is 33.9 Å². The topological polar surface area (TPSA) is 93.7 Å². The van der Waals surface area contributed by atoms with Crippen molar-refractivity contribution in [2.45, 2.75) is 24.2 Å². The maximum Gasteiger partial charge on any atom is 0.341 e. The number of esters is 1. The van der Waals surface area contributed by atoms with Crippen LogP contribution in [0.2, 0.25) is 0 Å². The van der Waals surface area contributed by atoms with Gasteiger partial charge in [0.05, 0.1) is 19.1 Å². The molecule has 1 saturated heterocycles. The summed E-state index contributed by atoms with van der Waals surface area (Å²) in [6.07, 6.45) is 3.05. The highest BCUT2D eigenvalue weighted by atomic mass is 32.2. The third-order valence-corrected chi connectivity index (χ3v) is 5.59. The number of hydrogen-bond donors (Lipinski definition) is 2. The molecule has 0 bridgehead atoms. The fraction of sp³-hybridized carbons (Fsp3) is 0.562. The lowest BCUT2D eigenvalue weighted by molar-refractivity contribution is 0.0597. The Labute approximate surface area is 142 Å². The molecule has 1 aromatic rings. The van der Waals surface area contributed by atoms with E-state index in [0.29, 0.717) is 12.5 Å². The lowest BCUT2D eigenvalue weighted by atomic mass is 9.96. The number of nitrogens with one attached hydrogen (secondary N) is 2. The zero-order valence-electron chi connectivity index (χ0n) is 14.0. The lowest BCUT2D eigenvalue weighted by Gasteiger charge is -2.22. The molecule has 2 N–H and O–H groups in total. The number of ether oxygens (including phenoxy) is 2. The van der Waals surface area contributed by atoms with Gasteiger partial charge in [-0.2, -0.15) is 0 Å². The number of carbonyl (C=O) groups is 1. The van der Waals surface area contributed by atoms with Crippen LogP contribution in [0.15, 0.2) is 23.1 Å². The van der Waals surface area contributed by atoms with Crippen molar-refractivity contribution in [2.24, 2.45) is 5.92 Å². The number of piperidine rings is 1. The molecule has 0 aromatic heterocycles. The second-order valence-electron chi connectivity index (χ2n) is 5.75. The Kier molecular flexibility index (Phi) is 6.59. The first-order chi connectivity index (χ1) is 11.5. The van der Waals surface area contributed by atoms with Gasteiger partial charge in [0, 0.05) is 12.6 Å². The molecule has 7 nitrogen and oxygen atoms in total. The maximum atomic E-state index is 12.4. The molecule has 0 radical (unpaired) electrons. The molecule has 1 aliphatic heterocycles. The highest BCUT2D eigenvalue weighted by molar-refractivity contribution is 7.89. The van der Waals surface area contributed by atoms with E-state index in [1.54, 1.807) is 0 Å². The Hall–Kier alpha value is -1.64. The molecule has 24 heavy (non-hydrogen) atoms. The van der Waals surface area contributed by atoms with Crippen molar-refractivity contribution in [3.05, 3.63) is 23.8 Å². The summed E-state index contributed by atoms with van der Waals surface area (Å²) in [4.78, 5) is 11.7. The second kappa shape index (κ2) is 8.46. The number of sulfonamides is 1. The molecular weight excluding hydrogens is 332 g/mol. The molecule has 0 aliphatic carbocycles. The van der Waals surface area contributed by atoms with Crippen LogP contribution in [-0.2, 0) is 14.8 Å². The van der Waals surface area contributed by atoms with Crippen LogP contribution in [0.1, 0.15) is 29.6 Å². The zero-order chi connectivity index (χ0) is 17.6. The summed E-state index contributed by atoms with van der Waals surface area (Å²) >= 11 is 0. The molecular formula is C16H24N2O5S. The normalized spacial score (nSPS) is 18.2. The van der Waals surface area contributed by atoms with Crippen LogP contribution in [0, 0.1) is 5.92 Å². The van der Waals surface area contributed by atoms with Gasteiger partial charge in [0.2, 0.25) is 10.0 Å². The average molecular weight is 356 g/mol. The number of benzene rings is 1. The molecule has 0 amide bonds. The van der Waals surface area contributed by atoms with Gasteiger partial charge in [0.15, 0.2) is 0 Å². The standard InChI is InChI=1S/C16H24N2O5S/c1-22-15-10-13(5-6-14(15)16(19)23-2)24(20,21)18-9-7-12-4-3-8-17-11-12/h5-6,10,12,17-18H,3-4,7-9,11H2,1-2H3. The quantitative estimate of drug-likeness (QED) is 0.712. The van der Waals surface area contributed by atoms with E-state index in [0.717, 1.165) is 32.4 Å². The van der Waals surface area contributed by atoms with Crippen molar-refractivity contribution >= 4 is 16.0 Å². The molecule has 8 heteroatoms. The highest BCUT2D eigenvalue weighted by Gasteiger charge is 2.20. The van der Waals surface area contributed by atoms with Gasteiger partial charge in [-0.05, 0) is 50.4 Å². The first kappa shape index (κ1) is 18.7. The Morgan fingerprint density at radius 3 is 2.79 bits per heavy atom. The van der Waals surface area contributed by atoms with Crippen LogP contribution in [0.3, 0.4) is 0 Å². The largest absolute Gasteiger partial charge is 0.496 e. The Morgan fingerprint density at radius 2 is 2.17 bits per heavy atom. The number of carbonyl (C=O) groups excluding carboxylic acids is 1. The summed E-state index contributed by atoms with van der Waals surface area (Å²) in [7, 11) is -1.01. The van der Waals surface area contributed by atoms with E-state index in [1.807, 2.05) is 0 Å². The van der Waals surface area contributed by atoms with Crippen molar-refractivity contribution in [3.8, 4) is 5.75 Å². The highest BCUT2D eigenvalue weighted by Crippen LogP contribution is 2.23. The van der Waals surface area contributed by atoms with E-state index in [-0.39, 0.29) is 16.2 Å². The van der Waals surface area contributed by atoms with E-state index < -0.39 is 16.0 Å². The van der Waals surface area contributed by atoms with E-state index in [1.165, 1.54) is 32.4 Å². The number of methoxy groups -OCH3 is 2. The Morgan fingerprint density at radius 1 is 1.38 bits per heavy atom. The molecule has 0 saturated carbocycles. The smallest absolute Gasteiger partial charge is 0.341 e. The monoisotopic (exact) mass is 356 g/mol. The minimum atomic E-state index is -3.65. The van der Waals surface area contributed by atoms with Gasteiger partial charge in [-0.1, -0.05) is 0 Å². The predicted molar refractivity (Wildman–Crippen MR) is 89.7 cm³/mol. The van der Waals surface area contributed by atoms with Gasteiger partial charge >= 0.3 is 5.97 Å². The van der Waals surface area contributed by atoms with E-state index in [2.05, 4.69) is 14.8 Å². The molecule has 1 aliphatic rings. The minimum Gasteiger partial charge on any atom is -0.496 e. The van der Waals surface area contributed by atoms with Gasteiger partial charge in [0.25, 0.3) is 0 Å². The summed E-state index contributed by atoms with van der Waals surface area (Å²) in [6.45, 7) is 2.35. The van der Waals surface area contributed by atoms with Crippen molar-refractivity contribution in [3.63, 3.8) is 0 Å². The van der Waals surface area contributed by atoms with Crippen LogP contribution in [-0.4, -0.2) is 48.2 Å². The third kappa shape index (κ3) is 4.68. The van der Waals surface area contributed by atoms with Crippen molar-refractivity contribution in [1.29, 1.82) is 0 Å². The first-order valence-electron chi connectivity index (χ1n) is 7.94. The summed E-state index contributed by atoms with van der Waals surface area (Å²) in [5, 5.41) is 3.31. The van der Waals surface area contributed by atoms with E-state index >= 15 is 0 Å². The molecule has 134 valence electrons. The SMILES string of the molecule is COC(=O)c1ccc(S(=O)(=O)NCCC2CCCNC2)cc1OC. The Balaban J connectivity index is 2.04. The second-order valence-corrected chi connectivity index (χ2v) is 7.52. The van der Waals surface area contributed by atoms with E-state index in [4.69, 9.17) is 4.74 Å². The van der Waals surface area contributed by atoms with Crippen molar-refractivity contribution < 1.29 is 22.7 Å². The van der Waals surface area contributed by atoms with Crippen LogP contribution in [0.25, 0.3) is 0 Å². The summed E-state index contributed by atoms with van der Waals surface area (Å²) < 4.78 is 37.1. The lowest BCUT2D eigenvalue weighted by Crippen LogP contribution is -2.33. The van der Waals surface area contributed by atoms with Gasteiger partial charge < -0.3 is 14.8 Å². The fourth-order valence-corrected chi connectivity index (χ4v) is 3.83. The molecule has 1 atom stereocenters. The molecule has 2 rings (SSSR count). The van der Waals surface area contributed by atoms with Crippen LogP contribution in [0.4, 0.5) is 0 Å². The van der Waals surface area contributed by atoms with Gasteiger partial charge in [-0.15, -0.1) is 0 Å². The average Bonchev–Trinajstić information content (AvgIpc) is 2.61. The summed E-state index contributed by atoms with van der Waals surface area (Å²) in [5.74, 6) is 0.0902. The number of hydrogen-bond acceptors (Lipinski definition) is 6. The molecule has 1 unspecified atom stereocenters. The predicted octanol–water partition coefficient (Wildman–Crippen LogP) is 1.15. The maximum absolute atomic E-state index is 12.4. The molecule has 1 aromatic carbocycles. The summed E-state index contributed by atoms with van der Waals surface area (Å²) in [5.41, 5.74) is 0.187. The third-order valence-electron chi connectivity index (χ3n) is 4.13. The van der Waals surface area contributed by atoms with Gasteiger partial charge in [0.1, 0.15) is 11.3 Å². The van der Waals surface area contributed by atoms with E-state index in [9.17, 15) is 13.2 Å². The fourth-order valence-electron chi connectivity index (χ4n) is 2.77. The van der Waals surface area contributed by atoms with Crippen molar-refractivity contribution in [1.82, 2.24) is 10.0 Å². The molecule has 0 spiro atoms. The molecule has 1 heterocycles. The number of rotatable bonds is 7. The zero-order valence-corrected chi connectivity index (χ0v) is 14.8. The Bertz CT molecular complexity index is 669. The van der Waals surface area contributed by atoms with Gasteiger partial charge in [-0.25, -0.2) is 17.9 Å². The van der Waals surface area contributed by atoms with Crippen LogP contribution < -0.4 is 14.8 Å². The van der Waals surface area contributed by atoms with Crippen LogP contribution in [0.5, 0.6) is 5.75 Å². The van der Waals surface area contributed by atoms with Gasteiger partial charge in [-0.3, -0.25) is 0 Å². The van der Waals surface area contributed by atoms with Crippen LogP contribution >= 0.6 is 0 Å². The summed E-state index contributed by atoms with van der Waals surface area (Å²) in [6, 6.07) is 4.10.